The highest BCUT2D eigenvalue weighted by Crippen LogP contribution is 2.30. The molecule has 0 fully saturated rings. The number of hydrogen-bond donors (Lipinski definition) is 2. The van der Waals surface area contributed by atoms with E-state index in [0.717, 1.165) is 46.0 Å². The van der Waals surface area contributed by atoms with Crippen LogP contribution in [0, 0.1) is 0 Å². The number of anilines is 1. The lowest BCUT2D eigenvalue weighted by Crippen LogP contribution is -2.25. The highest BCUT2D eigenvalue weighted by molar-refractivity contribution is 7.14. The molecular weight excluding hydrogens is 573 g/mol. The van der Waals surface area contributed by atoms with Crippen LogP contribution in [0.5, 0.6) is 0 Å². The van der Waals surface area contributed by atoms with Crippen molar-refractivity contribution in [1.29, 1.82) is 0 Å². The number of benzene rings is 5. The minimum atomic E-state index is -0.0940. The molecule has 5 aromatic carbocycles. The molecule has 6 heteroatoms. The molecule has 1 heterocycles. The van der Waals surface area contributed by atoms with Crippen molar-refractivity contribution < 1.29 is 4.79 Å². The Labute approximate surface area is 269 Å². The van der Waals surface area contributed by atoms with Crippen LogP contribution in [0.1, 0.15) is 32.6 Å². The van der Waals surface area contributed by atoms with Crippen LogP contribution in [0.15, 0.2) is 139 Å². The third-order valence-electron chi connectivity index (χ3n) is 7.83. The maximum absolute atomic E-state index is 12.9. The molecule has 0 aliphatic heterocycles. The molecule has 1 amide bonds. The summed E-state index contributed by atoms with van der Waals surface area (Å²) in [6, 6.07) is 45.4. The van der Waals surface area contributed by atoms with E-state index in [1.807, 2.05) is 60.7 Å². The first-order chi connectivity index (χ1) is 22.1. The number of nitrogens with one attached hydrogen (secondary N) is 1. The first-order valence-corrected chi connectivity index (χ1v) is 16.1. The zero-order chi connectivity index (χ0) is 30.8. The molecule has 6 aromatic rings. The van der Waals surface area contributed by atoms with Crippen LogP contribution in [0.25, 0.3) is 22.4 Å². The topological polar surface area (TPSA) is 71.2 Å². The van der Waals surface area contributed by atoms with E-state index in [9.17, 15) is 4.79 Å². The molecular formula is C39H36N4OS. The molecule has 6 rings (SSSR count). The minimum Gasteiger partial charge on any atom is -0.348 e. The van der Waals surface area contributed by atoms with Crippen molar-refractivity contribution in [2.45, 2.75) is 26.1 Å². The van der Waals surface area contributed by atoms with E-state index in [1.165, 1.54) is 16.7 Å². The second-order valence-electron chi connectivity index (χ2n) is 11.0. The van der Waals surface area contributed by atoms with Crippen molar-refractivity contribution in [2.75, 3.05) is 11.4 Å². The second-order valence-corrected chi connectivity index (χ2v) is 11.9. The average molecular weight is 609 g/mol. The fourth-order valence-electron chi connectivity index (χ4n) is 5.29. The summed E-state index contributed by atoms with van der Waals surface area (Å²) in [5.74, 6) is -0.0940. The summed E-state index contributed by atoms with van der Waals surface area (Å²) in [4.78, 5) is 20.3. The van der Waals surface area contributed by atoms with Gasteiger partial charge in [0.25, 0.3) is 5.91 Å². The number of carbonyl (C=O) groups excluding carboxylic acids is 1. The van der Waals surface area contributed by atoms with Crippen molar-refractivity contribution in [3.05, 3.63) is 167 Å². The Morgan fingerprint density at radius 2 is 1.33 bits per heavy atom. The summed E-state index contributed by atoms with van der Waals surface area (Å²) >= 11 is 1.67. The van der Waals surface area contributed by atoms with Crippen LogP contribution in [-0.4, -0.2) is 17.4 Å². The number of nitrogens with zero attached hydrogens (tertiary/aromatic N) is 2. The average Bonchev–Trinajstić information content (AvgIpc) is 3.61. The minimum absolute atomic E-state index is 0.0940. The number of hydrogen-bond acceptors (Lipinski definition) is 5. The van der Waals surface area contributed by atoms with Gasteiger partial charge < -0.3 is 16.0 Å². The Balaban J connectivity index is 1.15. The zero-order valence-electron chi connectivity index (χ0n) is 25.1. The number of rotatable bonds is 12. The molecule has 0 unspecified atom stereocenters. The van der Waals surface area contributed by atoms with E-state index in [2.05, 4.69) is 88.4 Å². The molecule has 0 spiro atoms. The van der Waals surface area contributed by atoms with Gasteiger partial charge in [0.05, 0.1) is 5.69 Å². The van der Waals surface area contributed by atoms with Gasteiger partial charge in [0, 0.05) is 42.7 Å². The van der Waals surface area contributed by atoms with Crippen molar-refractivity contribution >= 4 is 22.4 Å². The zero-order valence-corrected chi connectivity index (χ0v) is 25.9. The summed E-state index contributed by atoms with van der Waals surface area (Å²) in [5.41, 5.74) is 15.4. The van der Waals surface area contributed by atoms with Crippen LogP contribution in [0.2, 0.25) is 0 Å². The predicted molar refractivity (Wildman–Crippen MR) is 186 cm³/mol. The lowest BCUT2D eigenvalue weighted by atomic mass is 10.0. The smallest absolute Gasteiger partial charge is 0.251 e. The Hall–Kier alpha value is -5.04. The van der Waals surface area contributed by atoms with Crippen LogP contribution in [0.3, 0.4) is 0 Å². The summed E-state index contributed by atoms with van der Waals surface area (Å²) in [6.45, 7) is 2.47. The third kappa shape index (κ3) is 7.92. The SMILES string of the molecule is NCc1cccc(CNC(=O)c2ccc(CN(CCc3ccccc3)c3nc(-c4ccc(-c5ccccc5)cc4)cs3)cc2)c1. The largest absolute Gasteiger partial charge is 0.348 e. The first-order valence-electron chi connectivity index (χ1n) is 15.2. The highest BCUT2D eigenvalue weighted by Gasteiger charge is 2.15. The van der Waals surface area contributed by atoms with Crippen molar-refractivity contribution in [3.63, 3.8) is 0 Å². The molecule has 0 atom stereocenters. The van der Waals surface area contributed by atoms with E-state index in [-0.39, 0.29) is 5.91 Å². The normalized spacial score (nSPS) is 10.9. The van der Waals surface area contributed by atoms with E-state index in [0.29, 0.717) is 25.2 Å². The summed E-state index contributed by atoms with van der Waals surface area (Å²) in [6.07, 6.45) is 0.910. The molecule has 0 bridgehead atoms. The van der Waals surface area contributed by atoms with Gasteiger partial charge in [-0.3, -0.25) is 4.79 Å². The monoisotopic (exact) mass is 608 g/mol. The molecule has 0 radical (unpaired) electrons. The van der Waals surface area contributed by atoms with Crippen LogP contribution < -0.4 is 16.0 Å². The third-order valence-corrected chi connectivity index (χ3v) is 8.73. The maximum Gasteiger partial charge on any atom is 0.251 e. The standard InChI is InChI=1S/C39H36N4OS/c40-25-31-10-7-11-32(24-31)26-41-38(44)36-16-14-30(15-17-36)27-43(23-22-29-8-3-1-4-9-29)39-42-37(28-45-39)35-20-18-34(19-21-35)33-12-5-2-6-13-33/h1-21,24,28H,22-23,25-27,40H2,(H,41,44). The maximum atomic E-state index is 12.9. The summed E-state index contributed by atoms with van der Waals surface area (Å²) in [5, 5.41) is 6.14. The highest BCUT2D eigenvalue weighted by atomic mass is 32.1. The Bertz CT molecular complexity index is 1820. The van der Waals surface area contributed by atoms with Crippen molar-refractivity contribution in [3.8, 4) is 22.4 Å². The van der Waals surface area contributed by atoms with Gasteiger partial charge in [-0.05, 0) is 51.9 Å². The Morgan fingerprint density at radius 1 is 0.689 bits per heavy atom. The molecule has 0 aliphatic rings. The molecule has 5 nitrogen and oxygen atoms in total. The Kier molecular flexibility index (Phi) is 9.75. The van der Waals surface area contributed by atoms with Crippen molar-refractivity contribution in [2.24, 2.45) is 5.73 Å². The molecule has 0 aliphatic carbocycles. The summed E-state index contributed by atoms with van der Waals surface area (Å²) < 4.78 is 0. The second kappa shape index (κ2) is 14.6. The van der Waals surface area contributed by atoms with Gasteiger partial charge in [-0.15, -0.1) is 11.3 Å². The fourth-order valence-corrected chi connectivity index (χ4v) is 6.15. The molecule has 3 N–H and O–H groups in total. The van der Waals surface area contributed by atoms with Gasteiger partial charge in [-0.1, -0.05) is 121 Å². The fraction of sp³-hybridized carbons (Fsp3) is 0.128. The number of aromatic nitrogens is 1. The van der Waals surface area contributed by atoms with Crippen LogP contribution in [-0.2, 0) is 26.1 Å². The van der Waals surface area contributed by atoms with Gasteiger partial charge in [-0.2, -0.15) is 0 Å². The Morgan fingerprint density at radius 3 is 2.07 bits per heavy atom. The van der Waals surface area contributed by atoms with Crippen LogP contribution in [0.4, 0.5) is 5.13 Å². The first kappa shape index (κ1) is 30.0. The number of amides is 1. The van der Waals surface area contributed by atoms with E-state index in [1.54, 1.807) is 11.3 Å². The molecule has 1 aromatic heterocycles. The van der Waals surface area contributed by atoms with Crippen LogP contribution >= 0.6 is 11.3 Å². The quantitative estimate of drug-likeness (QED) is 0.147. The summed E-state index contributed by atoms with van der Waals surface area (Å²) in [7, 11) is 0. The number of thiazole rings is 1. The lowest BCUT2D eigenvalue weighted by Gasteiger charge is -2.22. The van der Waals surface area contributed by atoms with Gasteiger partial charge >= 0.3 is 0 Å². The van der Waals surface area contributed by atoms with Gasteiger partial charge in [0.15, 0.2) is 5.13 Å². The van der Waals surface area contributed by atoms with E-state index in [4.69, 9.17) is 10.7 Å². The molecule has 45 heavy (non-hydrogen) atoms. The van der Waals surface area contributed by atoms with E-state index < -0.39 is 0 Å². The van der Waals surface area contributed by atoms with Crippen molar-refractivity contribution in [1.82, 2.24) is 10.3 Å². The van der Waals surface area contributed by atoms with Gasteiger partial charge in [-0.25, -0.2) is 4.98 Å². The van der Waals surface area contributed by atoms with E-state index >= 15 is 0 Å². The number of carbonyl (C=O) groups is 1. The lowest BCUT2D eigenvalue weighted by molar-refractivity contribution is 0.0951. The number of nitrogens with two attached hydrogens (primary N) is 1. The predicted octanol–water partition coefficient (Wildman–Crippen LogP) is 8.12. The molecule has 0 saturated heterocycles. The van der Waals surface area contributed by atoms with Gasteiger partial charge in [0.1, 0.15) is 0 Å². The molecule has 0 saturated carbocycles. The van der Waals surface area contributed by atoms with Gasteiger partial charge in [0.2, 0.25) is 0 Å². The molecule has 224 valence electrons.